The molecule has 0 atom stereocenters. The summed E-state index contributed by atoms with van der Waals surface area (Å²) in [5.41, 5.74) is 6.67. The van der Waals surface area contributed by atoms with Crippen molar-refractivity contribution in [3.05, 3.63) is 47.0 Å². The van der Waals surface area contributed by atoms with Gasteiger partial charge in [0.1, 0.15) is 5.82 Å². The van der Waals surface area contributed by atoms with Gasteiger partial charge in [-0.2, -0.15) is 0 Å². The Morgan fingerprint density at radius 1 is 1.25 bits per heavy atom. The molecule has 1 aromatic heterocycles. The molecule has 0 unspecified atom stereocenters. The van der Waals surface area contributed by atoms with E-state index < -0.39 is 0 Å². The molecule has 0 spiro atoms. The van der Waals surface area contributed by atoms with Crippen molar-refractivity contribution in [2.45, 2.75) is 10.6 Å². The molecular formula is C11H10BrN3S. The molecule has 2 aromatic rings. The average molecular weight is 296 g/mol. The highest BCUT2D eigenvalue weighted by Gasteiger charge is 2.02. The van der Waals surface area contributed by atoms with Crippen LogP contribution in [-0.4, -0.2) is 9.97 Å². The number of nitrogen functional groups attached to an aromatic ring is 1. The number of hydrogen-bond donors (Lipinski definition) is 1. The molecule has 2 N–H and O–H groups in total. The minimum absolute atomic E-state index is 0.729. The van der Waals surface area contributed by atoms with Crippen molar-refractivity contribution in [3.8, 4) is 0 Å². The lowest BCUT2D eigenvalue weighted by atomic mass is 10.3. The zero-order valence-corrected chi connectivity index (χ0v) is 10.8. The van der Waals surface area contributed by atoms with Crippen molar-refractivity contribution in [1.29, 1.82) is 0 Å². The highest BCUT2D eigenvalue weighted by molar-refractivity contribution is 9.10. The first kappa shape index (κ1) is 11.4. The van der Waals surface area contributed by atoms with Gasteiger partial charge in [0.25, 0.3) is 0 Å². The third-order valence-corrected chi connectivity index (χ3v) is 3.53. The van der Waals surface area contributed by atoms with Crippen molar-refractivity contribution in [1.82, 2.24) is 9.97 Å². The second kappa shape index (κ2) is 5.32. The number of benzene rings is 1. The summed E-state index contributed by atoms with van der Waals surface area (Å²) in [5.74, 6) is 1.54. The van der Waals surface area contributed by atoms with Crippen LogP contribution in [0.1, 0.15) is 5.82 Å². The smallest absolute Gasteiger partial charge is 0.138 e. The minimum atomic E-state index is 0.729. The first-order valence-electron chi connectivity index (χ1n) is 4.69. The Morgan fingerprint density at radius 3 is 2.69 bits per heavy atom. The molecule has 82 valence electrons. The Kier molecular flexibility index (Phi) is 3.79. The lowest BCUT2D eigenvalue weighted by Crippen LogP contribution is -1.92. The molecule has 3 nitrogen and oxygen atoms in total. The zero-order valence-electron chi connectivity index (χ0n) is 8.43. The van der Waals surface area contributed by atoms with E-state index in [1.165, 1.54) is 0 Å². The summed E-state index contributed by atoms with van der Waals surface area (Å²) in [7, 11) is 0. The summed E-state index contributed by atoms with van der Waals surface area (Å²) in [6.45, 7) is 0. The van der Waals surface area contributed by atoms with Gasteiger partial charge in [-0.15, -0.1) is 11.8 Å². The first-order valence-corrected chi connectivity index (χ1v) is 6.47. The lowest BCUT2D eigenvalue weighted by molar-refractivity contribution is 1.03. The van der Waals surface area contributed by atoms with E-state index in [1.54, 1.807) is 24.2 Å². The predicted molar refractivity (Wildman–Crippen MR) is 70.1 cm³/mol. The van der Waals surface area contributed by atoms with Crippen LogP contribution in [-0.2, 0) is 5.75 Å². The average Bonchev–Trinajstić information content (AvgIpc) is 2.29. The van der Waals surface area contributed by atoms with Crippen LogP contribution in [0.2, 0.25) is 0 Å². The second-order valence-corrected chi connectivity index (χ2v) is 5.07. The molecule has 1 aromatic carbocycles. The van der Waals surface area contributed by atoms with E-state index in [1.807, 2.05) is 24.3 Å². The molecule has 16 heavy (non-hydrogen) atoms. The Balaban J connectivity index is 2.05. The maximum Gasteiger partial charge on any atom is 0.138 e. The van der Waals surface area contributed by atoms with Crippen molar-refractivity contribution < 1.29 is 0 Å². The molecule has 0 aliphatic heterocycles. The van der Waals surface area contributed by atoms with Gasteiger partial charge in [-0.05, 0) is 24.3 Å². The standard InChI is InChI=1S/C11H10BrN3S/c12-8-2-3-10(9(13)6-8)16-7-11-14-4-1-5-15-11/h1-6H,7,13H2. The summed E-state index contributed by atoms with van der Waals surface area (Å²) < 4.78 is 0.991. The normalized spacial score (nSPS) is 10.3. The van der Waals surface area contributed by atoms with Crippen molar-refractivity contribution >= 4 is 33.4 Å². The van der Waals surface area contributed by atoms with Gasteiger partial charge in [0.2, 0.25) is 0 Å². The van der Waals surface area contributed by atoms with E-state index in [-0.39, 0.29) is 0 Å². The largest absolute Gasteiger partial charge is 0.398 e. The molecular weight excluding hydrogens is 286 g/mol. The molecule has 0 fully saturated rings. The molecule has 0 saturated heterocycles. The van der Waals surface area contributed by atoms with Crippen LogP contribution < -0.4 is 5.73 Å². The topological polar surface area (TPSA) is 51.8 Å². The Hall–Kier alpha value is -1.07. The number of aromatic nitrogens is 2. The fraction of sp³-hybridized carbons (Fsp3) is 0.0909. The van der Waals surface area contributed by atoms with Gasteiger partial charge in [-0.25, -0.2) is 9.97 Å². The molecule has 0 radical (unpaired) electrons. The van der Waals surface area contributed by atoms with Gasteiger partial charge in [0, 0.05) is 27.4 Å². The van der Waals surface area contributed by atoms with Crippen LogP contribution >= 0.6 is 27.7 Å². The maximum atomic E-state index is 5.89. The fourth-order valence-electron chi connectivity index (χ4n) is 1.20. The van der Waals surface area contributed by atoms with Gasteiger partial charge in [-0.3, -0.25) is 0 Å². The maximum absolute atomic E-state index is 5.89. The predicted octanol–water partition coefficient (Wildman–Crippen LogP) is 3.11. The summed E-state index contributed by atoms with van der Waals surface area (Å²) >= 11 is 5.02. The van der Waals surface area contributed by atoms with Crippen molar-refractivity contribution in [3.63, 3.8) is 0 Å². The van der Waals surface area contributed by atoms with E-state index in [2.05, 4.69) is 25.9 Å². The Labute approximate surface area is 107 Å². The van der Waals surface area contributed by atoms with Gasteiger partial charge in [0.15, 0.2) is 0 Å². The van der Waals surface area contributed by atoms with Crippen LogP contribution in [0.25, 0.3) is 0 Å². The number of hydrogen-bond acceptors (Lipinski definition) is 4. The third-order valence-electron chi connectivity index (χ3n) is 1.95. The van der Waals surface area contributed by atoms with Crippen molar-refractivity contribution in [2.24, 2.45) is 0 Å². The van der Waals surface area contributed by atoms with Crippen LogP contribution in [0, 0.1) is 0 Å². The number of nitrogens with zero attached hydrogens (tertiary/aromatic N) is 2. The Morgan fingerprint density at radius 2 is 2.00 bits per heavy atom. The second-order valence-electron chi connectivity index (χ2n) is 3.14. The fourth-order valence-corrected chi connectivity index (χ4v) is 2.40. The van der Waals surface area contributed by atoms with E-state index in [0.717, 1.165) is 26.6 Å². The number of thioether (sulfide) groups is 1. The molecule has 0 saturated carbocycles. The quantitative estimate of drug-likeness (QED) is 0.698. The zero-order chi connectivity index (χ0) is 11.4. The Bertz CT molecular complexity index is 476. The molecule has 0 bridgehead atoms. The summed E-state index contributed by atoms with van der Waals surface area (Å²) in [6, 6.07) is 7.67. The minimum Gasteiger partial charge on any atom is -0.398 e. The van der Waals surface area contributed by atoms with Crippen LogP contribution in [0.5, 0.6) is 0 Å². The number of rotatable bonds is 3. The third kappa shape index (κ3) is 2.96. The van der Waals surface area contributed by atoms with Crippen LogP contribution in [0.15, 0.2) is 46.0 Å². The molecule has 0 aliphatic carbocycles. The van der Waals surface area contributed by atoms with Crippen LogP contribution in [0.3, 0.4) is 0 Å². The van der Waals surface area contributed by atoms with Crippen LogP contribution in [0.4, 0.5) is 5.69 Å². The highest BCUT2D eigenvalue weighted by atomic mass is 79.9. The van der Waals surface area contributed by atoms with Gasteiger partial charge in [0.05, 0.1) is 5.75 Å². The highest BCUT2D eigenvalue weighted by Crippen LogP contribution is 2.29. The van der Waals surface area contributed by atoms with Gasteiger partial charge >= 0.3 is 0 Å². The van der Waals surface area contributed by atoms with Crippen molar-refractivity contribution in [2.75, 3.05) is 5.73 Å². The van der Waals surface area contributed by atoms with Gasteiger partial charge < -0.3 is 5.73 Å². The molecule has 0 aliphatic rings. The van der Waals surface area contributed by atoms with E-state index in [0.29, 0.717) is 0 Å². The SMILES string of the molecule is Nc1cc(Br)ccc1SCc1ncccn1. The number of halogens is 1. The van der Waals surface area contributed by atoms with E-state index >= 15 is 0 Å². The molecule has 1 heterocycles. The summed E-state index contributed by atoms with van der Waals surface area (Å²) in [6.07, 6.45) is 3.49. The number of anilines is 1. The molecule has 2 rings (SSSR count). The lowest BCUT2D eigenvalue weighted by Gasteiger charge is -2.04. The summed E-state index contributed by atoms with van der Waals surface area (Å²) in [5, 5.41) is 0. The summed E-state index contributed by atoms with van der Waals surface area (Å²) in [4.78, 5) is 9.37. The van der Waals surface area contributed by atoms with E-state index in [9.17, 15) is 0 Å². The van der Waals surface area contributed by atoms with Gasteiger partial charge in [-0.1, -0.05) is 15.9 Å². The number of nitrogens with two attached hydrogens (primary N) is 1. The molecule has 0 amide bonds. The monoisotopic (exact) mass is 295 g/mol. The molecule has 5 heteroatoms. The first-order chi connectivity index (χ1) is 7.75. The van der Waals surface area contributed by atoms with E-state index in [4.69, 9.17) is 5.73 Å².